The van der Waals surface area contributed by atoms with E-state index in [1.165, 1.54) is 0 Å². The molecule has 1 rings (SSSR count). The molecule has 0 aromatic heterocycles. The zero-order chi connectivity index (χ0) is 65.5. The SMILES string of the molecule is N.N.N#N.N#N.N=C=O.N=C=O.N=C=O.N=N.N=N.NC(=O)CNC(N)=O.NC(=O)CNC(N)=O.NC(=O)N=NC(N)=O.NC(=O)N=NC(N)=O.NC(=O)N=NC(N)=O.NC(=O)N=NC(N)=O.O=C1CC(=O)N=N1.O=C=O.[C-]#[O+].[HH]. The summed E-state index contributed by atoms with van der Waals surface area (Å²) in [5.41, 5.74) is 73.9. The summed E-state index contributed by atoms with van der Waals surface area (Å²) in [6.45, 7) is 4.10. The van der Waals surface area contributed by atoms with Gasteiger partial charge in [0.2, 0.25) is 30.1 Å². The summed E-state index contributed by atoms with van der Waals surface area (Å²) >= 11 is 0. The van der Waals surface area contributed by atoms with E-state index in [1.807, 2.05) is 10.6 Å². The van der Waals surface area contributed by atoms with Crippen molar-refractivity contribution < 1.29 is 97.2 Å². The van der Waals surface area contributed by atoms with Crippen molar-refractivity contribution in [2.24, 2.45) is 120 Å². The normalized spacial score (nSPS) is 7.72. The molecule has 0 spiro atoms. The van der Waals surface area contributed by atoms with Crippen molar-refractivity contribution in [3.63, 3.8) is 0 Å². The second kappa shape index (κ2) is 115. The molecule has 39 N–H and O–H groups in total. The number of amides is 24. The van der Waals surface area contributed by atoms with Gasteiger partial charge in [0.1, 0.15) is 6.42 Å². The minimum absolute atomic E-state index is 0. The predicted octanol–water partition coefficient (Wildman–Crippen LogP) is -4.54. The van der Waals surface area contributed by atoms with E-state index in [0.29, 0.717) is 0 Å². The fourth-order valence-electron chi connectivity index (χ4n) is 1.05. The minimum Gasteiger partial charge on any atom is 0 e. The third-order valence-corrected chi connectivity index (χ3v) is 2.44. The van der Waals surface area contributed by atoms with Crippen LogP contribution >= 0.6 is 0 Å². The zero-order valence-corrected chi connectivity index (χ0v) is 38.9. The number of isocyanates is 3. The number of nitrogens with zero attached hydrogens (tertiary/aromatic N) is 14. The van der Waals surface area contributed by atoms with Crippen LogP contribution in [0.4, 0.5) is 47.9 Å². The molecular formula is C22H47N37O20. The summed E-state index contributed by atoms with van der Waals surface area (Å²) < 4.78 is 7.50. The monoisotopic (exact) mass is 1150 g/mol. The van der Waals surface area contributed by atoms with Gasteiger partial charge in [-0.2, -0.15) is 9.59 Å². The second-order valence-electron chi connectivity index (χ2n) is 7.43. The van der Waals surface area contributed by atoms with Gasteiger partial charge < -0.3 is 91.7 Å². The molecule has 440 valence electrons. The number of rotatable bonds is 4. The Kier molecular flexibility index (Phi) is 168. The molecule has 0 radical (unpaired) electrons. The number of carbonyl (C=O) groups excluding carboxylic acids is 19. The molecule has 0 fully saturated rings. The molecule has 1 aliphatic rings. The van der Waals surface area contributed by atoms with E-state index in [-0.39, 0.29) is 39.4 Å². The van der Waals surface area contributed by atoms with E-state index in [2.05, 4.69) is 127 Å². The third kappa shape index (κ3) is 396. The first-order chi connectivity index (χ1) is 35.7. The summed E-state index contributed by atoms with van der Waals surface area (Å²) in [7, 11) is 0. The summed E-state index contributed by atoms with van der Waals surface area (Å²) in [5.74, 6) is -2.09. The van der Waals surface area contributed by atoms with Crippen LogP contribution in [0.25, 0.3) is 0 Å². The molecule has 0 atom stereocenters. The summed E-state index contributed by atoms with van der Waals surface area (Å²) in [6, 6.07) is -9.80. The Bertz CT molecular complexity index is 1810. The molecule has 0 bridgehead atoms. The van der Waals surface area contributed by atoms with Crippen LogP contribution < -0.4 is 91.7 Å². The Balaban J connectivity index is -0.0000000328. The zero-order valence-electron chi connectivity index (χ0n) is 38.9. The Morgan fingerprint density at radius 3 is 0.595 bits per heavy atom. The van der Waals surface area contributed by atoms with Crippen molar-refractivity contribution in [2.75, 3.05) is 13.1 Å². The molecule has 24 amide bonds. The maximum atomic E-state index is 9.97. The molecule has 1 heterocycles. The molecule has 0 aliphatic carbocycles. The van der Waals surface area contributed by atoms with Crippen LogP contribution in [0.3, 0.4) is 0 Å². The average molecular weight is 1150 g/mol. The predicted molar refractivity (Wildman–Crippen MR) is 233 cm³/mol. The minimum atomic E-state index is -1.04. The number of primary amides is 12. The van der Waals surface area contributed by atoms with Gasteiger partial charge >= 0.3 is 77.8 Å². The van der Waals surface area contributed by atoms with Gasteiger partial charge in [-0.15, -0.1) is 10.2 Å². The van der Waals surface area contributed by atoms with Crippen LogP contribution in [-0.2, 0) is 47.8 Å². The molecule has 79 heavy (non-hydrogen) atoms. The van der Waals surface area contributed by atoms with Gasteiger partial charge in [-0.1, -0.05) is 40.9 Å². The fourth-order valence-corrected chi connectivity index (χ4v) is 1.05. The Labute approximate surface area is 434 Å². The Morgan fingerprint density at radius 2 is 0.557 bits per heavy atom. The van der Waals surface area contributed by atoms with E-state index in [1.54, 1.807) is 0 Å². The van der Waals surface area contributed by atoms with E-state index in [9.17, 15) is 67.1 Å². The van der Waals surface area contributed by atoms with E-state index >= 15 is 0 Å². The van der Waals surface area contributed by atoms with E-state index < -0.39 is 83.9 Å². The maximum absolute atomic E-state index is 9.97. The molecule has 57 heteroatoms. The van der Waals surface area contributed by atoms with Gasteiger partial charge in [0.05, 0.1) is 13.1 Å². The number of hydrogen-bond acceptors (Lipinski definition) is 32. The van der Waals surface area contributed by atoms with Gasteiger partial charge in [-0.05, 0) is 0 Å². The molecule has 0 unspecified atom stereocenters. The fraction of sp³-hybridized carbons (Fsp3) is 0.136. The van der Waals surface area contributed by atoms with Crippen molar-refractivity contribution in [1.29, 1.82) is 59.9 Å². The summed E-state index contributed by atoms with van der Waals surface area (Å²) in [6.07, 6.45) is 2.36. The number of nitrogens with one attached hydrogen (secondary N) is 9. The van der Waals surface area contributed by atoms with Crippen molar-refractivity contribution in [3.8, 4) is 0 Å². The van der Waals surface area contributed by atoms with Gasteiger partial charge in [-0.25, -0.2) is 101 Å². The molecule has 1 aliphatic heterocycles. The maximum Gasteiger partial charge on any atom is 0 e. The van der Waals surface area contributed by atoms with Crippen molar-refractivity contribution in [1.82, 2.24) is 22.9 Å². The smallest absolute Gasteiger partial charge is 0 e. The van der Waals surface area contributed by atoms with Gasteiger partial charge in [0.15, 0.2) is 0 Å². The number of urea groups is 10. The van der Waals surface area contributed by atoms with E-state index in [4.69, 9.17) is 88.5 Å². The number of nitrogens with two attached hydrogens (primary N) is 12. The number of carbonyl (C=O) groups is 14. The van der Waals surface area contributed by atoms with Crippen molar-refractivity contribution in [2.45, 2.75) is 6.42 Å². The van der Waals surface area contributed by atoms with Crippen LogP contribution in [0.15, 0.2) is 51.1 Å². The van der Waals surface area contributed by atoms with Gasteiger partial charge in [0, 0.05) is 23.0 Å². The average Bonchev–Trinajstić information content (AvgIpc) is 3.74. The molecule has 0 aromatic carbocycles. The summed E-state index contributed by atoms with van der Waals surface area (Å²) in [5, 5.41) is 71.0. The first-order valence-electron chi connectivity index (χ1n) is 15.1. The molecule has 0 saturated heterocycles. The van der Waals surface area contributed by atoms with Crippen LogP contribution in [-0.4, -0.2) is 121 Å². The van der Waals surface area contributed by atoms with Crippen LogP contribution in [0.1, 0.15) is 7.85 Å². The van der Waals surface area contributed by atoms with E-state index in [0.717, 1.165) is 18.2 Å². The number of azo groups is 5. The van der Waals surface area contributed by atoms with Crippen molar-refractivity contribution in [3.05, 3.63) is 6.65 Å². The molecular weight excluding hydrogens is 1100 g/mol. The topological polar surface area (TPSA) is 1140 Å². The van der Waals surface area contributed by atoms with Crippen LogP contribution in [0.2, 0.25) is 0 Å². The molecule has 0 aromatic rings. The molecule has 57 nitrogen and oxygen atoms in total. The standard InChI is InChI=1S/2C3H7N3O2.C3H2N2O2.4C2H4N4O2.3CHNO.CO2.CO.2H2N2.2N2.2H3N.H2/c2*4-2(7)1-6-3(5)8;6-2-1-3(7)5-4-2;4*3-1(7)5-6-2(4)8;4*2-1-3;5*1-2;;;/h2*1H2,(H2,4,7)(H3,5,6,8);1H2;4*(H2,3,7)(H2,4,8);3*2H;;;2*1-2H;;;2*1H3;1H. The van der Waals surface area contributed by atoms with Gasteiger partial charge in [0.25, 0.3) is 11.8 Å². The Hall–Kier alpha value is -14.2. The van der Waals surface area contributed by atoms with Crippen LogP contribution in [0, 0.1) is 66.6 Å². The van der Waals surface area contributed by atoms with Crippen LogP contribution in [0.5, 0.6) is 0 Å². The van der Waals surface area contributed by atoms with Gasteiger partial charge in [-0.3, -0.25) is 19.2 Å². The first-order valence-corrected chi connectivity index (χ1v) is 15.1. The summed E-state index contributed by atoms with van der Waals surface area (Å²) in [4.78, 5) is 178. The quantitative estimate of drug-likeness (QED) is 0.0240. The first kappa shape index (κ1) is 115. The number of hydrogen-bond donors (Lipinski definition) is 23. The van der Waals surface area contributed by atoms with Crippen molar-refractivity contribution >= 4 is 108 Å². The second-order valence-corrected chi connectivity index (χ2v) is 7.43. The Morgan fingerprint density at radius 1 is 0.443 bits per heavy atom. The third-order valence-electron chi connectivity index (χ3n) is 2.44. The molecule has 0 saturated carbocycles. The largest absolute Gasteiger partial charge is 0 e.